The number of furan rings is 1. The second-order valence-corrected chi connectivity index (χ2v) is 7.79. The molecule has 0 aliphatic rings. The Labute approximate surface area is 182 Å². The van der Waals surface area contributed by atoms with Crippen LogP contribution in [0.4, 0.5) is 0 Å². The number of benzene rings is 3. The van der Waals surface area contributed by atoms with E-state index in [0.717, 1.165) is 33.3 Å². The van der Waals surface area contributed by atoms with Crippen LogP contribution < -0.4 is 0 Å². The highest BCUT2D eigenvalue weighted by atomic mass is 16.3. The van der Waals surface area contributed by atoms with Crippen LogP contribution in [0.1, 0.15) is 0 Å². The Hall–Kier alpha value is -4.51. The van der Waals surface area contributed by atoms with Gasteiger partial charge in [0.1, 0.15) is 23.7 Å². The number of rotatable bonds is 2. The number of fused-ring (bicyclic) bond motifs is 6. The van der Waals surface area contributed by atoms with Gasteiger partial charge in [0, 0.05) is 17.0 Å². The Kier molecular flexibility index (Phi) is 3.49. The van der Waals surface area contributed by atoms with Crippen LogP contribution >= 0.6 is 0 Å². The third kappa shape index (κ3) is 2.36. The average Bonchev–Trinajstić information content (AvgIpc) is 3.46. The highest BCUT2D eigenvalue weighted by Gasteiger charge is 2.19. The topological polar surface area (TPSA) is 56.7 Å². The molecule has 0 spiro atoms. The smallest absolute Gasteiger partial charge is 0.235 e. The minimum atomic E-state index is 0.598. The van der Waals surface area contributed by atoms with E-state index < -0.39 is 0 Å². The lowest BCUT2D eigenvalue weighted by Gasteiger charge is -2.09. The Balaban J connectivity index is 1.64. The van der Waals surface area contributed by atoms with E-state index in [9.17, 15) is 0 Å². The summed E-state index contributed by atoms with van der Waals surface area (Å²) in [5, 5.41) is 5.65. The molecule has 0 saturated carbocycles. The maximum atomic E-state index is 5.49. The number of pyridine rings is 1. The molecule has 0 saturated heterocycles. The first kappa shape index (κ1) is 17.2. The minimum absolute atomic E-state index is 0.598. The Morgan fingerprint density at radius 3 is 2.41 bits per heavy atom. The van der Waals surface area contributed by atoms with E-state index in [2.05, 4.69) is 70.2 Å². The molecule has 0 aliphatic carbocycles. The second kappa shape index (κ2) is 6.49. The van der Waals surface area contributed by atoms with Crippen LogP contribution in [0.15, 0.2) is 102 Å². The molecule has 0 fully saturated rings. The fourth-order valence-corrected chi connectivity index (χ4v) is 4.60. The van der Waals surface area contributed by atoms with Crippen LogP contribution in [-0.4, -0.2) is 19.5 Å². The lowest BCUT2D eigenvalue weighted by Crippen LogP contribution is -2.03. The summed E-state index contributed by atoms with van der Waals surface area (Å²) in [7, 11) is 0. The lowest BCUT2D eigenvalue weighted by molar-refractivity contribution is 0.572. The Bertz CT molecular complexity index is 1780. The SMILES string of the molecule is c1ccc(-c2nc(-n3c4ccccc4c4c5ccccc5ccc43)nc3cocc23)nc1. The molecular weight excluding hydrogens is 396 g/mol. The molecule has 7 aromatic rings. The predicted octanol–water partition coefficient (Wildman–Crippen LogP) is 6.54. The van der Waals surface area contributed by atoms with Crippen molar-refractivity contribution in [3.8, 4) is 17.3 Å². The molecule has 0 aliphatic heterocycles. The van der Waals surface area contributed by atoms with Crippen LogP contribution in [0, 0.1) is 0 Å². The van der Waals surface area contributed by atoms with Crippen molar-refractivity contribution in [3.05, 3.63) is 97.6 Å². The van der Waals surface area contributed by atoms with Gasteiger partial charge in [-0.15, -0.1) is 0 Å². The van der Waals surface area contributed by atoms with Crippen molar-refractivity contribution in [2.75, 3.05) is 0 Å². The average molecular weight is 412 g/mol. The summed E-state index contributed by atoms with van der Waals surface area (Å²) in [6.45, 7) is 0. The van der Waals surface area contributed by atoms with Crippen LogP contribution in [0.5, 0.6) is 0 Å². The summed E-state index contributed by atoms with van der Waals surface area (Å²) < 4.78 is 7.63. The van der Waals surface area contributed by atoms with E-state index in [4.69, 9.17) is 14.4 Å². The normalized spacial score (nSPS) is 11.8. The number of hydrogen-bond donors (Lipinski definition) is 0. The van der Waals surface area contributed by atoms with Crippen molar-refractivity contribution in [1.82, 2.24) is 19.5 Å². The van der Waals surface area contributed by atoms with Crippen molar-refractivity contribution < 1.29 is 4.42 Å². The van der Waals surface area contributed by atoms with Crippen molar-refractivity contribution in [3.63, 3.8) is 0 Å². The molecule has 4 aromatic heterocycles. The first-order chi connectivity index (χ1) is 15.9. The van der Waals surface area contributed by atoms with Crippen molar-refractivity contribution in [2.24, 2.45) is 0 Å². The zero-order valence-corrected chi connectivity index (χ0v) is 16.9. The molecule has 5 nitrogen and oxygen atoms in total. The summed E-state index contributed by atoms with van der Waals surface area (Å²) in [5.41, 5.74) is 4.43. The molecule has 0 N–H and O–H groups in total. The maximum absolute atomic E-state index is 5.49. The monoisotopic (exact) mass is 412 g/mol. The van der Waals surface area contributed by atoms with Gasteiger partial charge in [0.25, 0.3) is 0 Å². The fraction of sp³-hybridized carbons (Fsp3) is 0. The molecule has 0 bridgehead atoms. The number of nitrogens with zero attached hydrogens (tertiary/aromatic N) is 4. The van der Waals surface area contributed by atoms with Crippen LogP contribution in [-0.2, 0) is 0 Å². The summed E-state index contributed by atoms with van der Waals surface area (Å²) >= 11 is 0. The van der Waals surface area contributed by atoms with Gasteiger partial charge in [-0.3, -0.25) is 9.55 Å². The quantitative estimate of drug-likeness (QED) is 0.324. The molecule has 5 heteroatoms. The van der Waals surface area contributed by atoms with Gasteiger partial charge in [-0.25, -0.2) is 9.97 Å². The van der Waals surface area contributed by atoms with E-state index in [1.165, 1.54) is 21.5 Å². The standard InChI is InChI=1S/C27H16N4O/c1-2-8-18-17(7-1)12-13-24-25(18)19-9-3-4-11-23(19)31(24)27-29-22-16-32-15-20(22)26(30-27)21-10-5-6-14-28-21/h1-16H. The molecule has 0 unspecified atom stereocenters. The molecule has 0 amide bonds. The van der Waals surface area contributed by atoms with E-state index in [-0.39, 0.29) is 0 Å². The zero-order valence-electron chi connectivity index (χ0n) is 16.9. The minimum Gasteiger partial charge on any atom is -0.470 e. The highest BCUT2D eigenvalue weighted by Crippen LogP contribution is 2.37. The van der Waals surface area contributed by atoms with Gasteiger partial charge in [-0.05, 0) is 35.0 Å². The number of hydrogen-bond acceptors (Lipinski definition) is 4. The first-order valence-electron chi connectivity index (χ1n) is 10.4. The highest BCUT2D eigenvalue weighted by molar-refractivity contribution is 6.21. The molecule has 32 heavy (non-hydrogen) atoms. The predicted molar refractivity (Wildman–Crippen MR) is 127 cm³/mol. The Morgan fingerprint density at radius 1 is 0.656 bits per heavy atom. The van der Waals surface area contributed by atoms with E-state index >= 15 is 0 Å². The summed E-state index contributed by atoms with van der Waals surface area (Å²) in [6, 6.07) is 27.0. The Morgan fingerprint density at radius 2 is 1.50 bits per heavy atom. The lowest BCUT2D eigenvalue weighted by atomic mass is 10.0. The number of aromatic nitrogens is 4. The van der Waals surface area contributed by atoms with Crippen LogP contribution in [0.3, 0.4) is 0 Å². The molecule has 0 radical (unpaired) electrons. The molecule has 150 valence electrons. The fourth-order valence-electron chi connectivity index (χ4n) is 4.60. The summed E-state index contributed by atoms with van der Waals surface area (Å²) in [6.07, 6.45) is 5.12. The molecule has 7 rings (SSSR count). The first-order valence-corrected chi connectivity index (χ1v) is 10.4. The van der Waals surface area contributed by atoms with Crippen molar-refractivity contribution >= 4 is 43.5 Å². The third-order valence-electron chi connectivity index (χ3n) is 6.00. The van der Waals surface area contributed by atoms with E-state index in [0.29, 0.717) is 5.95 Å². The molecular formula is C27H16N4O. The summed E-state index contributed by atoms with van der Waals surface area (Å²) in [4.78, 5) is 14.4. The number of para-hydroxylation sites is 1. The maximum Gasteiger partial charge on any atom is 0.235 e. The van der Waals surface area contributed by atoms with Gasteiger partial charge in [-0.2, -0.15) is 0 Å². The summed E-state index contributed by atoms with van der Waals surface area (Å²) in [5.74, 6) is 0.598. The second-order valence-electron chi connectivity index (χ2n) is 7.79. The molecule has 3 aromatic carbocycles. The van der Waals surface area contributed by atoms with Gasteiger partial charge in [0.05, 0.1) is 22.1 Å². The van der Waals surface area contributed by atoms with Gasteiger partial charge in [-0.1, -0.05) is 54.6 Å². The van der Waals surface area contributed by atoms with E-state index in [1.807, 2.05) is 18.2 Å². The van der Waals surface area contributed by atoms with Gasteiger partial charge < -0.3 is 4.42 Å². The van der Waals surface area contributed by atoms with E-state index in [1.54, 1.807) is 18.7 Å². The largest absolute Gasteiger partial charge is 0.470 e. The zero-order chi connectivity index (χ0) is 21.1. The van der Waals surface area contributed by atoms with Gasteiger partial charge in [0.2, 0.25) is 5.95 Å². The third-order valence-corrected chi connectivity index (χ3v) is 6.00. The van der Waals surface area contributed by atoms with Crippen LogP contribution in [0.25, 0.3) is 60.8 Å². The molecule has 4 heterocycles. The van der Waals surface area contributed by atoms with Crippen molar-refractivity contribution in [2.45, 2.75) is 0 Å². The van der Waals surface area contributed by atoms with Crippen LogP contribution in [0.2, 0.25) is 0 Å². The van der Waals surface area contributed by atoms with Crippen molar-refractivity contribution in [1.29, 1.82) is 0 Å². The van der Waals surface area contributed by atoms with Gasteiger partial charge in [0.15, 0.2) is 0 Å². The molecule has 0 atom stereocenters. The van der Waals surface area contributed by atoms with Gasteiger partial charge >= 0.3 is 0 Å².